The Morgan fingerprint density at radius 2 is 1.67 bits per heavy atom. The number of benzene rings is 2. The molecule has 0 saturated heterocycles. The fraction of sp³-hybridized carbons (Fsp3) is 0.200. The molecule has 92 valence electrons. The first-order valence-electron chi connectivity index (χ1n) is 6.04. The van der Waals surface area contributed by atoms with Gasteiger partial charge in [0.25, 0.3) is 0 Å². The minimum Gasteiger partial charge on any atom is -0.376 e. The summed E-state index contributed by atoms with van der Waals surface area (Å²) in [5, 5.41) is 4.82. The van der Waals surface area contributed by atoms with E-state index in [1.165, 1.54) is 11.1 Å². The molecule has 1 nitrogen and oxygen atoms in total. The van der Waals surface area contributed by atoms with Crippen molar-refractivity contribution in [2.24, 2.45) is 0 Å². The zero-order valence-electron chi connectivity index (χ0n) is 9.79. The summed E-state index contributed by atoms with van der Waals surface area (Å²) >= 11 is 12.4. The zero-order chi connectivity index (χ0) is 12.5. The van der Waals surface area contributed by atoms with E-state index in [9.17, 15) is 0 Å². The maximum absolute atomic E-state index is 6.19. The highest BCUT2D eigenvalue weighted by molar-refractivity contribution is 6.39. The first-order valence-corrected chi connectivity index (χ1v) is 6.79. The molecule has 18 heavy (non-hydrogen) atoms. The van der Waals surface area contributed by atoms with E-state index in [2.05, 4.69) is 29.6 Å². The van der Waals surface area contributed by atoms with Gasteiger partial charge in [-0.05, 0) is 36.1 Å². The van der Waals surface area contributed by atoms with Crippen LogP contribution in [-0.4, -0.2) is 0 Å². The molecule has 1 N–H and O–H groups in total. The van der Waals surface area contributed by atoms with Gasteiger partial charge in [0.15, 0.2) is 0 Å². The number of hydrogen-bond acceptors (Lipinski definition) is 1. The Hall–Kier alpha value is -1.18. The lowest BCUT2D eigenvalue weighted by Gasteiger charge is -2.17. The molecule has 0 amide bonds. The summed E-state index contributed by atoms with van der Waals surface area (Å²) in [5.41, 5.74) is 3.61. The molecule has 1 aliphatic carbocycles. The molecule has 0 spiro atoms. The number of nitrogens with one attached hydrogen (secondary N) is 1. The first kappa shape index (κ1) is 11.9. The highest BCUT2D eigenvalue weighted by Crippen LogP contribution is 2.38. The Labute approximate surface area is 117 Å². The lowest BCUT2D eigenvalue weighted by Crippen LogP contribution is -2.07. The minimum atomic E-state index is 0.304. The van der Waals surface area contributed by atoms with E-state index in [0.29, 0.717) is 16.1 Å². The fourth-order valence-corrected chi connectivity index (χ4v) is 3.02. The smallest absolute Gasteiger partial charge is 0.0723 e. The molecule has 0 aromatic heterocycles. The van der Waals surface area contributed by atoms with Crippen molar-refractivity contribution in [1.82, 2.24) is 0 Å². The van der Waals surface area contributed by atoms with Crippen molar-refractivity contribution < 1.29 is 0 Å². The molecule has 0 radical (unpaired) electrons. The van der Waals surface area contributed by atoms with Gasteiger partial charge in [0.05, 0.1) is 21.8 Å². The van der Waals surface area contributed by atoms with Crippen molar-refractivity contribution >= 4 is 28.9 Å². The Kier molecular flexibility index (Phi) is 3.19. The summed E-state index contributed by atoms with van der Waals surface area (Å²) in [4.78, 5) is 0. The average molecular weight is 278 g/mol. The quantitative estimate of drug-likeness (QED) is 0.806. The maximum Gasteiger partial charge on any atom is 0.0723 e. The van der Waals surface area contributed by atoms with Crippen LogP contribution in [0.25, 0.3) is 0 Å². The van der Waals surface area contributed by atoms with E-state index in [1.807, 2.05) is 18.2 Å². The zero-order valence-corrected chi connectivity index (χ0v) is 11.3. The SMILES string of the molecule is Clc1cccc(Cl)c1NC1CCc2ccccc21. The van der Waals surface area contributed by atoms with Crippen LogP contribution < -0.4 is 5.32 Å². The third kappa shape index (κ3) is 2.09. The molecule has 1 atom stereocenters. The highest BCUT2D eigenvalue weighted by atomic mass is 35.5. The monoisotopic (exact) mass is 277 g/mol. The molecular formula is C15H13Cl2N. The molecular weight excluding hydrogens is 265 g/mol. The van der Waals surface area contributed by atoms with Crippen LogP contribution in [0.15, 0.2) is 42.5 Å². The van der Waals surface area contributed by atoms with E-state index in [1.54, 1.807) is 0 Å². The molecule has 0 aliphatic heterocycles. The second-order valence-electron chi connectivity index (χ2n) is 4.53. The van der Waals surface area contributed by atoms with E-state index < -0.39 is 0 Å². The minimum absolute atomic E-state index is 0.304. The molecule has 0 heterocycles. The molecule has 3 heteroatoms. The summed E-state index contributed by atoms with van der Waals surface area (Å²) in [5.74, 6) is 0. The van der Waals surface area contributed by atoms with Crippen molar-refractivity contribution in [3.63, 3.8) is 0 Å². The van der Waals surface area contributed by atoms with Gasteiger partial charge in [0.2, 0.25) is 0 Å². The topological polar surface area (TPSA) is 12.0 Å². The van der Waals surface area contributed by atoms with E-state index in [4.69, 9.17) is 23.2 Å². The van der Waals surface area contributed by atoms with Crippen LogP contribution in [0.2, 0.25) is 10.0 Å². The first-order chi connectivity index (χ1) is 8.75. The van der Waals surface area contributed by atoms with Gasteiger partial charge < -0.3 is 5.32 Å². The van der Waals surface area contributed by atoms with Crippen LogP contribution in [0, 0.1) is 0 Å². The Morgan fingerprint density at radius 3 is 2.44 bits per heavy atom. The number of para-hydroxylation sites is 1. The highest BCUT2D eigenvalue weighted by Gasteiger charge is 2.22. The van der Waals surface area contributed by atoms with Gasteiger partial charge in [-0.3, -0.25) is 0 Å². The molecule has 2 aromatic rings. The molecule has 0 saturated carbocycles. The molecule has 1 unspecified atom stereocenters. The van der Waals surface area contributed by atoms with Crippen LogP contribution in [0.1, 0.15) is 23.6 Å². The predicted octanol–water partition coefficient (Wildman–Crippen LogP) is 5.09. The van der Waals surface area contributed by atoms with Crippen molar-refractivity contribution in [2.75, 3.05) is 5.32 Å². The largest absolute Gasteiger partial charge is 0.376 e. The normalized spacial score (nSPS) is 17.6. The summed E-state index contributed by atoms with van der Waals surface area (Å²) in [6.45, 7) is 0. The van der Waals surface area contributed by atoms with Crippen molar-refractivity contribution in [3.8, 4) is 0 Å². The van der Waals surface area contributed by atoms with Gasteiger partial charge in [-0.2, -0.15) is 0 Å². The predicted molar refractivity (Wildman–Crippen MR) is 77.6 cm³/mol. The molecule has 1 aliphatic rings. The van der Waals surface area contributed by atoms with Gasteiger partial charge in [0.1, 0.15) is 0 Å². The van der Waals surface area contributed by atoms with Crippen LogP contribution in [0.3, 0.4) is 0 Å². The Morgan fingerprint density at radius 1 is 0.944 bits per heavy atom. The van der Waals surface area contributed by atoms with Gasteiger partial charge in [-0.25, -0.2) is 0 Å². The molecule has 0 fully saturated rings. The van der Waals surface area contributed by atoms with Gasteiger partial charge in [-0.15, -0.1) is 0 Å². The van der Waals surface area contributed by atoms with Crippen LogP contribution in [0.4, 0.5) is 5.69 Å². The lowest BCUT2D eigenvalue weighted by molar-refractivity contribution is 0.762. The van der Waals surface area contributed by atoms with Crippen molar-refractivity contribution in [1.29, 1.82) is 0 Å². The van der Waals surface area contributed by atoms with Crippen molar-refractivity contribution in [3.05, 3.63) is 63.6 Å². The van der Waals surface area contributed by atoms with Gasteiger partial charge in [0, 0.05) is 0 Å². The van der Waals surface area contributed by atoms with E-state index >= 15 is 0 Å². The summed E-state index contributed by atoms with van der Waals surface area (Å²) in [6, 6.07) is 14.4. The van der Waals surface area contributed by atoms with Crippen LogP contribution in [0.5, 0.6) is 0 Å². The second kappa shape index (κ2) is 4.83. The van der Waals surface area contributed by atoms with Crippen molar-refractivity contribution in [2.45, 2.75) is 18.9 Å². The number of anilines is 1. The van der Waals surface area contributed by atoms with Gasteiger partial charge in [-0.1, -0.05) is 53.5 Å². The maximum atomic E-state index is 6.19. The Balaban J connectivity index is 1.91. The summed E-state index contributed by atoms with van der Waals surface area (Å²) < 4.78 is 0. The summed E-state index contributed by atoms with van der Waals surface area (Å²) in [6.07, 6.45) is 2.19. The number of aryl methyl sites for hydroxylation is 1. The second-order valence-corrected chi connectivity index (χ2v) is 5.35. The van der Waals surface area contributed by atoms with Crippen LogP contribution >= 0.6 is 23.2 Å². The summed E-state index contributed by atoms with van der Waals surface area (Å²) in [7, 11) is 0. The lowest BCUT2D eigenvalue weighted by atomic mass is 10.1. The molecule has 3 rings (SSSR count). The molecule has 2 aromatic carbocycles. The molecule has 0 bridgehead atoms. The standard InChI is InChI=1S/C15H13Cl2N/c16-12-6-3-7-13(17)15(12)18-14-9-8-10-4-1-2-5-11(10)14/h1-7,14,18H,8-9H2. The number of fused-ring (bicyclic) bond motifs is 1. The third-order valence-corrected chi connectivity index (χ3v) is 4.04. The van der Waals surface area contributed by atoms with Crippen LogP contribution in [-0.2, 0) is 6.42 Å². The number of hydrogen-bond donors (Lipinski definition) is 1. The Bertz CT molecular complexity index is 560. The van der Waals surface area contributed by atoms with E-state index in [0.717, 1.165) is 18.5 Å². The third-order valence-electron chi connectivity index (χ3n) is 3.41. The fourth-order valence-electron chi connectivity index (χ4n) is 2.52. The number of rotatable bonds is 2. The average Bonchev–Trinajstić information content (AvgIpc) is 2.77. The number of halogens is 2. The van der Waals surface area contributed by atoms with E-state index in [-0.39, 0.29) is 0 Å². The van der Waals surface area contributed by atoms with Gasteiger partial charge >= 0.3 is 0 Å².